The molecule has 3 aromatic rings. The van der Waals surface area contributed by atoms with E-state index in [9.17, 15) is 4.21 Å². The van der Waals surface area contributed by atoms with E-state index in [0.717, 1.165) is 65.2 Å². The highest BCUT2D eigenvalue weighted by Crippen LogP contribution is 2.43. The van der Waals surface area contributed by atoms with E-state index in [1.165, 1.54) is 17.1 Å². The minimum Gasteiger partial charge on any atom is -0.485 e. The van der Waals surface area contributed by atoms with Gasteiger partial charge in [-0.05, 0) is 37.0 Å². The molecule has 5 rings (SSSR count). The number of hydrogen-bond donors (Lipinski definition) is 0. The number of pyridine rings is 1. The molecule has 1 spiro atoms. The maximum absolute atomic E-state index is 12.9. The highest BCUT2D eigenvalue weighted by Gasteiger charge is 2.43. The Bertz CT molecular complexity index is 1280. The Hall–Kier alpha value is -2.32. The zero-order valence-corrected chi connectivity index (χ0v) is 22.6. The van der Waals surface area contributed by atoms with Crippen LogP contribution in [0.25, 0.3) is 11.3 Å². The molecule has 0 N–H and O–H groups in total. The molecule has 1 saturated heterocycles. The third-order valence-electron chi connectivity index (χ3n) is 6.77. The molecule has 1 fully saturated rings. The Kier molecular flexibility index (Phi) is 5.23. The largest absolute Gasteiger partial charge is 0.485 e. The van der Waals surface area contributed by atoms with Gasteiger partial charge in [0.15, 0.2) is 0 Å². The summed E-state index contributed by atoms with van der Waals surface area (Å²) in [5.74, 6) is 1.82. The number of piperidine rings is 1. The molecule has 4 heterocycles. The molecule has 0 radical (unpaired) electrons. The van der Waals surface area contributed by atoms with Gasteiger partial charge in [0.25, 0.3) is 0 Å². The lowest BCUT2D eigenvalue weighted by Crippen LogP contribution is -2.47. The highest BCUT2D eigenvalue weighted by atomic mass is 32.3. The van der Waals surface area contributed by atoms with E-state index >= 15 is 0 Å². The zero-order chi connectivity index (χ0) is 24.4. The number of ether oxygens (including phenoxy) is 1. The number of nitrogens with zero attached hydrogens (tertiary/aromatic N) is 4. The van der Waals surface area contributed by atoms with Crippen molar-refractivity contribution in [1.29, 1.82) is 0 Å². The second-order valence-corrected chi connectivity index (χ2v) is 17.8. The summed E-state index contributed by atoms with van der Waals surface area (Å²) in [5.41, 5.74) is 2.99. The zero-order valence-electron chi connectivity index (χ0n) is 20.9. The number of rotatable bonds is 3. The van der Waals surface area contributed by atoms with Crippen LogP contribution in [0.15, 0.2) is 41.4 Å². The predicted octanol–water partition coefficient (Wildman–Crippen LogP) is 4.94. The Balaban J connectivity index is 1.29. The van der Waals surface area contributed by atoms with Gasteiger partial charge in [0.1, 0.15) is 17.2 Å². The molecule has 2 aromatic heterocycles. The molecule has 0 saturated carbocycles. The summed E-state index contributed by atoms with van der Waals surface area (Å²) in [6.45, 7) is 8.28. The molecule has 0 unspecified atom stereocenters. The quantitative estimate of drug-likeness (QED) is 0.510. The molecule has 8 heteroatoms. The number of fused-ring (bicyclic) bond motifs is 1. The standard InChI is InChI=1S/C26H34N4O2S2/c1-25(2,3)23-28-24(33-29-23)30-13-11-26(12-14-30)16-19-15-21(27-17-22(19)32-26)18-7-9-20(10-8-18)34(4,5,6)31/h7-10,15,17H,11-14,16H2,1-6H3. The van der Waals surface area contributed by atoms with Crippen molar-refractivity contribution < 1.29 is 8.95 Å². The van der Waals surface area contributed by atoms with Gasteiger partial charge in [0.2, 0.25) is 5.13 Å². The Morgan fingerprint density at radius 1 is 1.09 bits per heavy atom. The fourth-order valence-corrected chi connectivity index (χ4v) is 6.58. The summed E-state index contributed by atoms with van der Waals surface area (Å²) in [5, 5.41) is 1.01. The average Bonchev–Trinajstić information content (AvgIpc) is 3.38. The molecule has 0 amide bonds. The molecule has 0 bridgehead atoms. The van der Waals surface area contributed by atoms with E-state index in [1.54, 1.807) is 0 Å². The van der Waals surface area contributed by atoms with Gasteiger partial charge in [-0.3, -0.25) is 9.19 Å². The molecule has 182 valence electrons. The van der Waals surface area contributed by atoms with Crippen LogP contribution >= 0.6 is 11.5 Å². The molecular weight excluding hydrogens is 464 g/mol. The fourth-order valence-electron chi connectivity index (χ4n) is 4.61. The van der Waals surface area contributed by atoms with Crippen LogP contribution in [0.4, 0.5) is 5.13 Å². The average molecular weight is 499 g/mol. The normalized spacial score (nSPS) is 18.9. The SMILES string of the molecule is CC(C)(C)c1nsc(N2CCC3(CC2)Cc2cc(-c4ccc(S(C)(C)(C)=O)cc4)ncc2O3)n1. The minimum atomic E-state index is -2.76. The van der Waals surface area contributed by atoms with Crippen molar-refractivity contribution in [2.45, 2.75) is 55.9 Å². The first-order chi connectivity index (χ1) is 15.8. The van der Waals surface area contributed by atoms with Gasteiger partial charge in [0.05, 0.1) is 11.9 Å². The first-order valence-electron chi connectivity index (χ1n) is 11.8. The van der Waals surface area contributed by atoms with Gasteiger partial charge in [-0.1, -0.05) is 42.0 Å². The van der Waals surface area contributed by atoms with Crippen LogP contribution in [0.5, 0.6) is 5.75 Å². The molecule has 2 aliphatic heterocycles. The molecule has 0 atom stereocenters. The van der Waals surface area contributed by atoms with Crippen molar-refractivity contribution >= 4 is 25.7 Å². The molecule has 34 heavy (non-hydrogen) atoms. The number of hydrogen-bond acceptors (Lipinski definition) is 7. The van der Waals surface area contributed by atoms with E-state index < -0.39 is 9.07 Å². The summed E-state index contributed by atoms with van der Waals surface area (Å²) in [6.07, 6.45) is 10.1. The third kappa shape index (κ3) is 4.50. The van der Waals surface area contributed by atoms with Crippen molar-refractivity contribution in [2.24, 2.45) is 0 Å². The molecule has 2 aliphatic rings. The Morgan fingerprint density at radius 3 is 2.35 bits per heavy atom. The van der Waals surface area contributed by atoms with Crippen LogP contribution in [-0.2, 0) is 20.9 Å². The van der Waals surface area contributed by atoms with Gasteiger partial charge in [-0.2, -0.15) is 4.37 Å². The minimum absolute atomic E-state index is 0.0301. The lowest BCUT2D eigenvalue weighted by atomic mass is 9.87. The van der Waals surface area contributed by atoms with Crippen molar-refractivity contribution in [3.05, 3.63) is 47.9 Å². The predicted molar refractivity (Wildman–Crippen MR) is 141 cm³/mol. The second-order valence-electron chi connectivity index (χ2n) is 11.7. The topological polar surface area (TPSA) is 68.2 Å². The van der Waals surface area contributed by atoms with Crippen molar-refractivity contribution in [1.82, 2.24) is 14.3 Å². The lowest BCUT2D eigenvalue weighted by Gasteiger charge is -2.38. The van der Waals surface area contributed by atoms with E-state index in [0.29, 0.717) is 0 Å². The monoisotopic (exact) mass is 498 g/mol. The van der Waals surface area contributed by atoms with Gasteiger partial charge in [-0.15, -0.1) is 0 Å². The summed E-state index contributed by atoms with van der Waals surface area (Å²) >= 11 is 1.50. The second kappa shape index (κ2) is 7.59. The van der Waals surface area contributed by atoms with Crippen molar-refractivity contribution in [3.8, 4) is 17.0 Å². The highest BCUT2D eigenvalue weighted by molar-refractivity contribution is 8.18. The van der Waals surface area contributed by atoms with Crippen LogP contribution in [0.3, 0.4) is 0 Å². The third-order valence-corrected chi connectivity index (χ3v) is 9.43. The summed E-state index contributed by atoms with van der Waals surface area (Å²) < 4.78 is 23.9. The van der Waals surface area contributed by atoms with E-state index in [1.807, 2.05) is 49.2 Å². The van der Waals surface area contributed by atoms with Crippen molar-refractivity contribution in [3.63, 3.8) is 0 Å². The lowest BCUT2D eigenvalue weighted by molar-refractivity contribution is 0.0665. The Labute approximate surface area is 206 Å². The van der Waals surface area contributed by atoms with E-state index in [-0.39, 0.29) is 11.0 Å². The van der Waals surface area contributed by atoms with Crippen LogP contribution in [0.1, 0.15) is 45.0 Å². The first-order valence-corrected chi connectivity index (χ1v) is 15.7. The van der Waals surface area contributed by atoms with Gasteiger partial charge >= 0.3 is 0 Å². The van der Waals surface area contributed by atoms with Gasteiger partial charge < -0.3 is 9.64 Å². The van der Waals surface area contributed by atoms with Gasteiger partial charge in [0, 0.05) is 65.3 Å². The smallest absolute Gasteiger partial charge is 0.205 e. The summed E-state index contributed by atoms with van der Waals surface area (Å²) in [7, 11) is -2.76. The molecule has 6 nitrogen and oxygen atoms in total. The molecular formula is C26H34N4O2S2. The maximum Gasteiger partial charge on any atom is 0.205 e. The number of aromatic nitrogens is 3. The van der Waals surface area contributed by atoms with Crippen molar-refractivity contribution in [2.75, 3.05) is 36.8 Å². The van der Waals surface area contributed by atoms with Crippen LogP contribution in [0.2, 0.25) is 0 Å². The van der Waals surface area contributed by atoms with E-state index in [2.05, 4.69) is 41.1 Å². The summed E-state index contributed by atoms with van der Waals surface area (Å²) in [6, 6.07) is 10.1. The maximum atomic E-state index is 12.9. The first kappa shape index (κ1) is 23.4. The van der Waals surface area contributed by atoms with Crippen LogP contribution < -0.4 is 9.64 Å². The van der Waals surface area contributed by atoms with Crippen LogP contribution in [0, 0.1) is 0 Å². The fraction of sp³-hybridized carbons (Fsp3) is 0.500. The van der Waals surface area contributed by atoms with E-state index in [4.69, 9.17) is 9.72 Å². The molecule has 1 aromatic carbocycles. The molecule has 0 aliphatic carbocycles. The Morgan fingerprint density at radius 2 is 1.76 bits per heavy atom. The summed E-state index contributed by atoms with van der Waals surface area (Å²) in [4.78, 5) is 12.7. The number of anilines is 1. The van der Waals surface area contributed by atoms with Gasteiger partial charge in [-0.25, -0.2) is 4.98 Å². The number of benzene rings is 1. The van der Waals surface area contributed by atoms with Crippen LogP contribution in [-0.4, -0.2) is 56.0 Å².